The summed E-state index contributed by atoms with van der Waals surface area (Å²) < 4.78 is 40.0. The zero-order chi connectivity index (χ0) is 15.3. The van der Waals surface area contributed by atoms with Crippen LogP contribution in [0.5, 0.6) is 0 Å². The van der Waals surface area contributed by atoms with Crippen molar-refractivity contribution in [1.29, 1.82) is 0 Å². The first-order valence-electron chi connectivity index (χ1n) is 6.80. The molecule has 0 fully saturated rings. The van der Waals surface area contributed by atoms with E-state index in [0.717, 1.165) is 11.6 Å². The molecule has 0 aliphatic rings. The number of sulfonamides is 1. The van der Waals surface area contributed by atoms with Crippen LogP contribution in [0.4, 0.5) is 4.39 Å². The van der Waals surface area contributed by atoms with Crippen molar-refractivity contribution >= 4 is 10.0 Å². The molecule has 0 heterocycles. The fourth-order valence-electron chi connectivity index (χ4n) is 2.10. The molecule has 0 saturated heterocycles. The Bertz CT molecular complexity index is 686. The molecular weight excluding hydrogens is 289 g/mol. The van der Waals surface area contributed by atoms with Crippen molar-refractivity contribution < 1.29 is 12.8 Å². The van der Waals surface area contributed by atoms with Crippen molar-refractivity contribution in [3.63, 3.8) is 0 Å². The van der Waals surface area contributed by atoms with Crippen molar-refractivity contribution in [3.05, 3.63) is 66.0 Å². The van der Waals surface area contributed by atoms with Gasteiger partial charge in [-0.2, -0.15) is 0 Å². The Morgan fingerprint density at radius 3 is 2.33 bits per heavy atom. The van der Waals surface area contributed by atoms with E-state index in [0.29, 0.717) is 6.42 Å². The summed E-state index contributed by atoms with van der Waals surface area (Å²) in [4.78, 5) is -0.308. The fourth-order valence-corrected chi connectivity index (χ4v) is 3.22. The molecule has 0 bridgehead atoms. The summed E-state index contributed by atoms with van der Waals surface area (Å²) in [5.74, 6) is -0.504. The second-order valence-corrected chi connectivity index (χ2v) is 6.66. The number of halogens is 1. The van der Waals surface area contributed by atoms with Crippen LogP contribution in [0.3, 0.4) is 0 Å². The minimum atomic E-state index is -3.79. The number of hydrogen-bond acceptors (Lipinski definition) is 2. The molecule has 0 saturated carbocycles. The number of benzene rings is 2. The Balaban J connectivity index is 1.96. The predicted octanol–water partition coefficient (Wildman–Crippen LogP) is 3.30. The van der Waals surface area contributed by atoms with Gasteiger partial charge < -0.3 is 0 Å². The third-order valence-corrected chi connectivity index (χ3v) is 4.86. The lowest BCUT2D eigenvalue weighted by molar-refractivity contribution is 0.552. The maximum atomic E-state index is 13.5. The van der Waals surface area contributed by atoms with E-state index in [-0.39, 0.29) is 17.4 Å². The quantitative estimate of drug-likeness (QED) is 0.890. The third kappa shape index (κ3) is 4.12. The van der Waals surface area contributed by atoms with Gasteiger partial charge in [0.2, 0.25) is 10.0 Å². The van der Waals surface area contributed by atoms with Crippen LogP contribution in [0.2, 0.25) is 0 Å². The maximum absolute atomic E-state index is 13.5. The molecule has 2 aromatic rings. The number of nitrogens with one attached hydrogen (secondary N) is 1. The first-order chi connectivity index (χ1) is 10.0. The molecule has 3 nitrogen and oxygen atoms in total. The van der Waals surface area contributed by atoms with Crippen LogP contribution in [0, 0.1) is 5.82 Å². The lowest BCUT2D eigenvalue weighted by atomic mass is 9.98. The van der Waals surface area contributed by atoms with Gasteiger partial charge in [-0.15, -0.1) is 0 Å². The first-order valence-corrected chi connectivity index (χ1v) is 8.28. The largest absolute Gasteiger partial charge is 0.243 e. The van der Waals surface area contributed by atoms with Crippen LogP contribution in [-0.4, -0.2) is 15.0 Å². The highest BCUT2D eigenvalue weighted by molar-refractivity contribution is 7.89. The van der Waals surface area contributed by atoms with E-state index in [4.69, 9.17) is 0 Å². The van der Waals surface area contributed by atoms with Crippen LogP contribution < -0.4 is 4.72 Å². The van der Waals surface area contributed by atoms with Gasteiger partial charge in [0, 0.05) is 6.54 Å². The molecule has 0 spiro atoms. The van der Waals surface area contributed by atoms with Crippen molar-refractivity contribution in [2.45, 2.75) is 24.2 Å². The highest BCUT2D eigenvalue weighted by Crippen LogP contribution is 2.18. The van der Waals surface area contributed by atoms with Crippen LogP contribution in [-0.2, 0) is 10.0 Å². The van der Waals surface area contributed by atoms with E-state index in [9.17, 15) is 12.8 Å². The molecule has 1 N–H and O–H groups in total. The minimum absolute atomic E-state index is 0.231. The van der Waals surface area contributed by atoms with Gasteiger partial charge in [0.15, 0.2) is 0 Å². The second-order valence-electron chi connectivity index (χ2n) is 4.93. The van der Waals surface area contributed by atoms with Crippen molar-refractivity contribution in [2.24, 2.45) is 0 Å². The van der Waals surface area contributed by atoms with E-state index < -0.39 is 15.8 Å². The van der Waals surface area contributed by atoms with Gasteiger partial charge >= 0.3 is 0 Å². The topological polar surface area (TPSA) is 46.2 Å². The second kappa shape index (κ2) is 6.83. The molecule has 0 aliphatic heterocycles. The highest BCUT2D eigenvalue weighted by Gasteiger charge is 2.18. The van der Waals surface area contributed by atoms with E-state index in [1.54, 1.807) is 0 Å². The average Bonchev–Trinajstić information content (AvgIpc) is 2.48. The van der Waals surface area contributed by atoms with E-state index in [1.807, 2.05) is 37.3 Å². The van der Waals surface area contributed by atoms with E-state index in [2.05, 4.69) is 4.72 Å². The molecule has 2 rings (SSSR count). The summed E-state index contributed by atoms with van der Waals surface area (Å²) in [6.45, 7) is 2.31. The average molecular weight is 307 g/mol. The molecule has 0 amide bonds. The van der Waals surface area contributed by atoms with Gasteiger partial charge in [-0.05, 0) is 30.0 Å². The van der Waals surface area contributed by atoms with Gasteiger partial charge in [-0.1, -0.05) is 49.4 Å². The zero-order valence-electron chi connectivity index (χ0n) is 11.8. The van der Waals surface area contributed by atoms with E-state index >= 15 is 0 Å². The highest BCUT2D eigenvalue weighted by atomic mass is 32.2. The summed E-state index contributed by atoms with van der Waals surface area (Å²) in [7, 11) is -3.79. The predicted molar refractivity (Wildman–Crippen MR) is 81.1 cm³/mol. The Morgan fingerprint density at radius 2 is 1.67 bits per heavy atom. The molecule has 0 aliphatic carbocycles. The first kappa shape index (κ1) is 15.7. The SMILES string of the molecule is CC(CCNS(=O)(=O)c1ccccc1F)c1ccccc1. The lowest BCUT2D eigenvalue weighted by Gasteiger charge is -2.13. The Labute approximate surface area is 124 Å². The fraction of sp³-hybridized carbons (Fsp3) is 0.250. The molecule has 1 atom stereocenters. The smallest absolute Gasteiger partial charge is 0.211 e. The van der Waals surface area contributed by atoms with Crippen LogP contribution in [0.25, 0.3) is 0 Å². The maximum Gasteiger partial charge on any atom is 0.243 e. The summed E-state index contributed by atoms with van der Waals surface area (Å²) in [6, 6.07) is 15.2. The summed E-state index contributed by atoms with van der Waals surface area (Å²) in [5.41, 5.74) is 1.16. The molecule has 2 aromatic carbocycles. The van der Waals surface area contributed by atoms with Crippen molar-refractivity contribution in [2.75, 3.05) is 6.54 Å². The third-order valence-electron chi connectivity index (χ3n) is 3.36. The lowest BCUT2D eigenvalue weighted by Crippen LogP contribution is -2.26. The molecule has 0 radical (unpaired) electrons. The molecule has 0 aromatic heterocycles. The van der Waals surface area contributed by atoms with Crippen LogP contribution in [0.1, 0.15) is 24.8 Å². The Hall–Kier alpha value is -1.72. The van der Waals surface area contributed by atoms with Gasteiger partial charge in [0.25, 0.3) is 0 Å². The van der Waals surface area contributed by atoms with Crippen molar-refractivity contribution in [1.82, 2.24) is 4.72 Å². The molecule has 21 heavy (non-hydrogen) atoms. The normalized spacial score (nSPS) is 13.0. The monoisotopic (exact) mass is 307 g/mol. The summed E-state index contributed by atoms with van der Waals surface area (Å²) >= 11 is 0. The Kier molecular flexibility index (Phi) is 5.09. The Morgan fingerprint density at radius 1 is 1.05 bits per heavy atom. The van der Waals surface area contributed by atoms with Crippen LogP contribution >= 0.6 is 0 Å². The summed E-state index contributed by atoms with van der Waals surface area (Å²) in [6.07, 6.45) is 0.650. The number of rotatable bonds is 6. The van der Waals surface area contributed by atoms with Crippen molar-refractivity contribution in [3.8, 4) is 0 Å². The van der Waals surface area contributed by atoms with E-state index in [1.165, 1.54) is 18.2 Å². The van der Waals surface area contributed by atoms with Crippen LogP contribution in [0.15, 0.2) is 59.5 Å². The number of hydrogen-bond donors (Lipinski definition) is 1. The van der Waals surface area contributed by atoms with Gasteiger partial charge in [0.1, 0.15) is 10.7 Å². The van der Waals surface area contributed by atoms with Gasteiger partial charge in [-0.3, -0.25) is 0 Å². The summed E-state index contributed by atoms with van der Waals surface area (Å²) in [5, 5.41) is 0. The molecule has 112 valence electrons. The standard InChI is InChI=1S/C16H18FNO2S/c1-13(14-7-3-2-4-8-14)11-12-18-21(19,20)16-10-6-5-9-15(16)17/h2-10,13,18H,11-12H2,1H3. The molecule has 5 heteroatoms. The molecular formula is C16H18FNO2S. The minimum Gasteiger partial charge on any atom is -0.211 e. The van der Waals surface area contributed by atoms with Gasteiger partial charge in [-0.25, -0.2) is 17.5 Å². The zero-order valence-corrected chi connectivity index (χ0v) is 12.6. The van der Waals surface area contributed by atoms with Gasteiger partial charge in [0.05, 0.1) is 0 Å². The molecule has 1 unspecified atom stereocenters.